The molecule has 40 heavy (non-hydrogen) atoms. The fraction of sp³-hybridized carbons (Fsp3) is 0.267. The average molecular weight is 577 g/mol. The number of aryl methyl sites for hydroxylation is 1. The molecular formula is C30H32N4O4S2. The van der Waals surface area contributed by atoms with E-state index < -0.39 is 0 Å². The number of ether oxygens (including phenoxy) is 2. The molecule has 0 saturated heterocycles. The molecule has 1 aromatic heterocycles. The molecule has 10 heteroatoms. The number of rotatable bonds is 13. The zero-order valence-electron chi connectivity index (χ0n) is 22.8. The second-order valence-electron chi connectivity index (χ2n) is 9.00. The van der Waals surface area contributed by atoms with Crippen LogP contribution in [0.5, 0.6) is 11.5 Å². The number of carbonyl (C=O) groups is 2. The maximum absolute atomic E-state index is 13.2. The normalized spacial score (nSPS) is 10.7. The maximum atomic E-state index is 13.2. The van der Waals surface area contributed by atoms with E-state index in [1.807, 2.05) is 79.7 Å². The predicted molar refractivity (Wildman–Crippen MR) is 160 cm³/mol. The molecule has 0 atom stereocenters. The van der Waals surface area contributed by atoms with Crippen molar-refractivity contribution in [3.63, 3.8) is 0 Å². The van der Waals surface area contributed by atoms with Crippen LogP contribution in [-0.4, -0.2) is 60.0 Å². The first-order chi connectivity index (χ1) is 19.4. The van der Waals surface area contributed by atoms with Crippen molar-refractivity contribution in [1.29, 1.82) is 0 Å². The zero-order chi connectivity index (χ0) is 28.3. The quantitative estimate of drug-likeness (QED) is 0.203. The number of hydrogen-bond donors (Lipinski definition) is 1. The number of aromatic nitrogens is 2. The minimum atomic E-state index is -0.216. The molecule has 4 rings (SSSR count). The summed E-state index contributed by atoms with van der Waals surface area (Å²) >= 11 is 2.80. The number of hydrogen-bond acceptors (Lipinski definition) is 8. The predicted octanol–water partition coefficient (Wildman–Crippen LogP) is 5.72. The Balaban J connectivity index is 1.37. The van der Waals surface area contributed by atoms with Crippen LogP contribution in [0.4, 0.5) is 5.13 Å². The van der Waals surface area contributed by atoms with Gasteiger partial charge in [0.1, 0.15) is 5.01 Å². The molecule has 208 valence electrons. The lowest BCUT2D eigenvalue weighted by Gasteiger charge is -2.23. The lowest BCUT2D eigenvalue weighted by molar-refractivity contribution is -0.128. The summed E-state index contributed by atoms with van der Waals surface area (Å²) in [6.45, 7) is 2.78. The number of carbonyl (C=O) groups excluding carboxylic acids is 2. The van der Waals surface area contributed by atoms with Crippen LogP contribution in [0, 0.1) is 6.92 Å². The SMILES string of the molecule is COc1ccc(CCN(CCC(=O)Nc2nnc(-c3ccc(C)cc3)s2)C(=O)CSc2ccccc2)cc1OC. The minimum absolute atomic E-state index is 0.0281. The van der Waals surface area contributed by atoms with Crippen molar-refractivity contribution in [2.45, 2.75) is 24.7 Å². The number of methoxy groups -OCH3 is 2. The number of benzene rings is 3. The largest absolute Gasteiger partial charge is 0.493 e. The Hall–Kier alpha value is -3.89. The van der Waals surface area contributed by atoms with Gasteiger partial charge in [0, 0.05) is 30.0 Å². The molecular weight excluding hydrogens is 544 g/mol. The molecule has 0 radical (unpaired) electrons. The fourth-order valence-electron chi connectivity index (χ4n) is 3.92. The molecule has 0 spiro atoms. The summed E-state index contributed by atoms with van der Waals surface area (Å²) in [4.78, 5) is 28.8. The first kappa shape index (κ1) is 29.1. The molecule has 8 nitrogen and oxygen atoms in total. The first-order valence-corrected chi connectivity index (χ1v) is 14.6. The molecule has 0 aliphatic heterocycles. The van der Waals surface area contributed by atoms with Crippen molar-refractivity contribution in [2.75, 3.05) is 38.4 Å². The summed E-state index contributed by atoms with van der Waals surface area (Å²) in [6, 6.07) is 23.5. The van der Waals surface area contributed by atoms with Crippen LogP contribution in [0.2, 0.25) is 0 Å². The van der Waals surface area contributed by atoms with Crippen molar-refractivity contribution in [1.82, 2.24) is 15.1 Å². The monoisotopic (exact) mass is 576 g/mol. The van der Waals surface area contributed by atoms with Crippen LogP contribution < -0.4 is 14.8 Å². The Morgan fingerprint density at radius 3 is 2.40 bits per heavy atom. The molecule has 0 bridgehead atoms. The van der Waals surface area contributed by atoms with Gasteiger partial charge in [-0.25, -0.2) is 0 Å². The van der Waals surface area contributed by atoms with Crippen LogP contribution in [0.25, 0.3) is 10.6 Å². The fourth-order valence-corrected chi connectivity index (χ4v) is 5.51. The van der Waals surface area contributed by atoms with Gasteiger partial charge in [-0.2, -0.15) is 0 Å². The zero-order valence-corrected chi connectivity index (χ0v) is 24.4. The number of thioether (sulfide) groups is 1. The summed E-state index contributed by atoms with van der Waals surface area (Å²) < 4.78 is 10.7. The van der Waals surface area contributed by atoms with Crippen LogP contribution >= 0.6 is 23.1 Å². The van der Waals surface area contributed by atoms with Gasteiger partial charge < -0.3 is 19.7 Å². The highest BCUT2D eigenvalue weighted by Crippen LogP contribution is 2.28. The van der Waals surface area contributed by atoms with Crippen LogP contribution in [-0.2, 0) is 16.0 Å². The highest BCUT2D eigenvalue weighted by molar-refractivity contribution is 8.00. The Morgan fingerprint density at radius 2 is 1.68 bits per heavy atom. The van der Waals surface area contributed by atoms with Crippen molar-refractivity contribution >= 4 is 40.0 Å². The topological polar surface area (TPSA) is 93.6 Å². The van der Waals surface area contributed by atoms with E-state index >= 15 is 0 Å². The Labute approximate surface area is 242 Å². The molecule has 2 amide bonds. The molecule has 1 N–H and O–H groups in total. The van der Waals surface area contributed by atoms with Gasteiger partial charge >= 0.3 is 0 Å². The maximum Gasteiger partial charge on any atom is 0.232 e. The lowest BCUT2D eigenvalue weighted by Crippen LogP contribution is -2.36. The molecule has 0 aliphatic rings. The van der Waals surface area contributed by atoms with Gasteiger partial charge in [-0.1, -0.05) is 65.4 Å². The Bertz CT molecular complexity index is 1410. The lowest BCUT2D eigenvalue weighted by atomic mass is 10.1. The average Bonchev–Trinajstić information content (AvgIpc) is 3.44. The van der Waals surface area contributed by atoms with Crippen molar-refractivity contribution in [3.8, 4) is 22.1 Å². The van der Waals surface area contributed by atoms with Crippen LogP contribution in [0.3, 0.4) is 0 Å². The van der Waals surface area contributed by atoms with Gasteiger partial charge in [0.15, 0.2) is 11.5 Å². The number of anilines is 1. The first-order valence-electron chi connectivity index (χ1n) is 12.8. The standard InChI is InChI=1S/C30H32N4O4S2/c1-21-9-12-23(13-10-21)29-32-33-30(40-29)31-27(35)16-18-34(28(36)20-39-24-7-5-4-6-8-24)17-15-22-11-14-25(37-2)26(19-22)38-3/h4-14,19H,15-18,20H2,1-3H3,(H,31,33,35). The van der Waals surface area contributed by atoms with Gasteiger partial charge in [-0.15, -0.1) is 22.0 Å². The van der Waals surface area contributed by atoms with Gasteiger partial charge in [0.2, 0.25) is 16.9 Å². The molecule has 1 heterocycles. The van der Waals surface area contributed by atoms with E-state index in [0.29, 0.717) is 29.6 Å². The van der Waals surface area contributed by atoms with E-state index in [-0.39, 0.29) is 30.5 Å². The molecule has 0 saturated carbocycles. The summed E-state index contributed by atoms with van der Waals surface area (Å²) in [6.07, 6.45) is 0.757. The van der Waals surface area contributed by atoms with E-state index in [2.05, 4.69) is 15.5 Å². The summed E-state index contributed by atoms with van der Waals surface area (Å²) in [5.74, 6) is 1.33. The number of nitrogens with zero attached hydrogens (tertiary/aromatic N) is 3. The Morgan fingerprint density at radius 1 is 0.925 bits per heavy atom. The molecule has 0 unspecified atom stereocenters. The van der Waals surface area contributed by atoms with Crippen LogP contribution in [0.1, 0.15) is 17.5 Å². The molecule has 3 aromatic carbocycles. The second-order valence-corrected chi connectivity index (χ2v) is 11.0. The third kappa shape index (κ3) is 8.30. The smallest absolute Gasteiger partial charge is 0.232 e. The van der Waals surface area contributed by atoms with Crippen molar-refractivity contribution in [3.05, 3.63) is 83.9 Å². The third-order valence-corrected chi connectivity index (χ3v) is 8.04. The van der Waals surface area contributed by atoms with E-state index in [0.717, 1.165) is 26.6 Å². The number of nitrogens with one attached hydrogen (secondary N) is 1. The molecule has 0 fully saturated rings. The molecule has 0 aliphatic carbocycles. The number of amides is 2. The highest BCUT2D eigenvalue weighted by atomic mass is 32.2. The third-order valence-electron chi connectivity index (χ3n) is 6.16. The van der Waals surface area contributed by atoms with E-state index in [4.69, 9.17) is 9.47 Å². The van der Waals surface area contributed by atoms with Crippen molar-refractivity contribution < 1.29 is 19.1 Å². The van der Waals surface area contributed by atoms with Gasteiger partial charge in [0.05, 0.1) is 20.0 Å². The van der Waals surface area contributed by atoms with E-state index in [1.54, 1.807) is 19.1 Å². The van der Waals surface area contributed by atoms with E-state index in [9.17, 15) is 9.59 Å². The summed E-state index contributed by atoms with van der Waals surface area (Å²) in [7, 11) is 3.19. The second kappa shape index (κ2) is 14.5. The van der Waals surface area contributed by atoms with Gasteiger partial charge in [0.25, 0.3) is 0 Å². The van der Waals surface area contributed by atoms with Gasteiger partial charge in [-0.05, 0) is 43.2 Å². The van der Waals surface area contributed by atoms with E-state index in [1.165, 1.54) is 23.1 Å². The Kier molecular flexibility index (Phi) is 10.5. The van der Waals surface area contributed by atoms with Crippen LogP contribution in [0.15, 0.2) is 77.7 Å². The molecule has 4 aromatic rings. The highest BCUT2D eigenvalue weighted by Gasteiger charge is 2.17. The summed E-state index contributed by atoms with van der Waals surface area (Å²) in [5.41, 5.74) is 3.12. The summed E-state index contributed by atoms with van der Waals surface area (Å²) in [5, 5.41) is 12.3. The van der Waals surface area contributed by atoms with Crippen molar-refractivity contribution in [2.24, 2.45) is 0 Å². The van der Waals surface area contributed by atoms with Gasteiger partial charge in [-0.3, -0.25) is 9.59 Å². The minimum Gasteiger partial charge on any atom is -0.493 e.